The van der Waals surface area contributed by atoms with Crippen molar-refractivity contribution in [1.82, 2.24) is 9.97 Å². The van der Waals surface area contributed by atoms with Crippen LogP contribution in [0.5, 0.6) is 0 Å². The molecule has 0 saturated carbocycles. The number of nitrogens with zero attached hydrogens (tertiary/aromatic N) is 1. The first-order valence-electron chi connectivity index (χ1n) is 5.69. The van der Waals surface area contributed by atoms with E-state index in [2.05, 4.69) is 30.7 Å². The lowest BCUT2D eigenvalue weighted by molar-refractivity contribution is 0.567. The molecule has 0 aliphatic carbocycles. The van der Waals surface area contributed by atoms with Gasteiger partial charge in [-0.15, -0.1) is 0 Å². The first-order valence-corrected chi connectivity index (χ1v) is 5.69. The number of fused-ring (bicyclic) bond motifs is 1. The molecule has 86 valence electrons. The summed E-state index contributed by atoms with van der Waals surface area (Å²) >= 11 is 0. The molecule has 0 aliphatic rings. The number of pyridine rings is 1. The number of aromatic nitrogens is 2. The van der Waals surface area contributed by atoms with Crippen LogP contribution in [0, 0.1) is 0 Å². The fourth-order valence-corrected chi connectivity index (χ4v) is 2.13. The van der Waals surface area contributed by atoms with E-state index in [4.69, 9.17) is 5.73 Å². The second-order valence-corrected chi connectivity index (χ2v) is 5.19. The Morgan fingerprint density at radius 2 is 2.12 bits per heavy atom. The van der Waals surface area contributed by atoms with Gasteiger partial charge in [0.1, 0.15) is 0 Å². The van der Waals surface area contributed by atoms with Crippen molar-refractivity contribution < 1.29 is 0 Å². The fourth-order valence-electron chi connectivity index (χ4n) is 2.13. The third-order valence-electron chi connectivity index (χ3n) is 2.85. The second kappa shape index (κ2) is 3.91. The SMILES string of the molecule is CC(C)(C)c1[nH]c2ccncc2c1CCN. The number of hydrogen-bond donors (Lipinski definition) is 2. The van der Waals surface area contributed by atoms with Gasteiger partial charge in [-0.1, -0.05) is 20.8 Å². The Morgan fingerprint density at radius 1 is 1.38 bits per heavy atom. The van der Waals surface area contributed by atoms with Crippen LogP contribution in [0.1, 0.15) is 32.0 Å². The quantitative estimate of drug-likeness (QED) is 0.811. The van der Waals surface area contributed by atoms with Gasteiger partial charge >= 0.3 is 0 Å². The standard InChI is InChI=1S/C13H19N3/c1-13(2,3)12-9(4-6-14)10-8-15-7-5-11(10)16-12/h5,7-8,16H,4,6,14H2,1-3H3. The van der Waals surface area contributed by atoms with Crippen molar-refractivity contribution in [3.63, 3.8) is 0 Å². The molecule has 0 radical (unpaired) electrons. The smallest absolute Gasteiger partial charge is 0.0490 e. The summed E-state index contributed by atoms with van der Waals surface area (Å²) in [5, 5.41) is 1.21. The van der Waals surface area contributed by atoms with Crippen LogP contribution in [0.4, 0.5) is 0 Å². The van der Waals surface area contributed by atoms with Crippen molar-refractivity contribution in [2.45, 2.75) is 32.6 Å². The van der Waals surface area contributed by atoms with Crippen LogP contribution in [0.3, 0.4) is 0 Å². The zero-order valence-corrected chi connectivity index (χ0v) is 10.2. The van der Waals surface area contributed by atoms with E-state index in [0.717, 1.165) is 11.9 Å². The zero-order valence-electron chi connectivity index (χ0n) is 10.2. The maximum absolute atomic E-state index is 5.69. The predicted octanol–water partition coefficient (Wildman–Crippen LogP) is 2.36. The van der Waals surface area contributed by atoms with Crippen molar-refractivity contribution in [2.75, 3.05) is 6.54 Å². The Labute approximate surface area is 96.1 Å². The Hall–Kier alpha value is -1.35. The van der Waals surface area contributed by atoms with Gasteiger partial charge < -0.3 is 10.7 Å². The van der Waals surface area contributed by atoms with E-state index < -0.39 is 0 Å². The van der Waals surface area contributed by atoms with Gasteiger partial charge in [-0.05, 0) is 24.6 Å². The van der Waals surface area contributed by atoms with E-state index in [0.29, 0.717) is 6.54 Å². The van der Waals surface area contributed by atoms with Crippen molar-refractivity contribution >= 4 is 10.9 Å². The van der Waals surface area contributed by atoms with Gasteiger partial charge in [-0.3, -0.25) is 4.98 Å². The monoisotopic (exact) mass is 217 g/mol. The van der Waals surface area contributed by atoms with Gasteiger partial charge in [0.05, 0.1) is 0 Å². The fraction of sp³-hybridized carbons (Fsp3) is 0.462. The molecule has 2 heterocycles. The van der Waals surface area contributed by atoms with Gasteiger partial charge in [0.2, 0.25) is 0 Å². The highest BCUT2D eigenvalue weighted by molar-refractivity contribution is 5.84. The summed E-state index contributed by atoms with van der Waals surface area (Å²) in [6.45, 7) is 7.31. The number of aromatic amines is 1. The summed E-state index contributed by atoms with van der Waals surface area (Å²) in [7, 11) is 0. The highest BCUT2D eigenvalue weighted by Gasteiger charge is 2.21. The molecule has 0 bridgehead atoms. The average molecular weight is 217 g/mol. The van der Waals surface area contributed by atoms with Crippen molar-refractivity contribution in [3.8, 4) is 0 Å². The Bertz CT molecular complexity index is 491. The first kappa shape index (κ1) is 11.1. The summed E-state index contributed by atoms with van der Waals surface area (Å²) < 4.78 is 0. The largest absolute Gasteiger partial charge is 0.358 e. The molecule has 3 nitrogen and oxygen atoms in total. The number of rotatable bonds is 2. The average Bonchev–Trinajstić information content (AvgIpc) is 2.58. The Kier molecular flexibility index (Phi) is 2.72. The van der Waals surface area contributed by atoms with Crippen LogP contribution >= 0.6 is 0 Å². The summed E-state index contributed by atoms with van der Waals surface area (Å²) in [5.74, 6) is 0. The number of nitrogens with two attached hydrogens (primary N) is 1. The van der Waals surface area contributed by atoms with Crippen LogP contribution in [0.2, 0.25) is 0 Å². The number of H-pyrrole nitrogens is 1. The molecule has 16 heavy (non-hydrogen) atoms. The molecule has 2 aromatic rings. The lowest BCUT2D eigenvalue weighted by atomic mass is 9.88. The molecule has 0 saturated heterocycles. The summed E-state index contributed by atoms with van der Waals surface area (Å²) in [6, 6.07) is 2.02. The van der Waals surface area contributed by atoms with Gasteiger partial charge in [-0.25, -0.2) is 0 Å². The molecule has 0 aliphatic heterocycles. The number of nitrogens with one attached hydrogen (secondary N) is 1. The second-order valence-electron chi connectivity index (χ2n) is 5.19. The highest BCUT2D eigenvalue weighted by Crippen LogP contribution is 2.30. The Morgan fingerprint density at radius 3 is 2.75 bits per heavy atom. The zero-order chi connectivity index (χ0) is 11.8. The lowest BCUT2D eigenvalue weighted by Crippen LogP contribution is -2.16. The molecule has 0 fully saturated rings. The van der Waals surface area contributed by atoms with E-state index in [1.807, 2.05) is 18.5 Å². The molecule has 2 aromatic heterocycles. The van der Waals surface area contributed by atoms with Crippen molar-refractivity contribution in [1.29, 1.82) is 0 Å². The third-order valence-corrected chi connectivity index (χ3v) is 2.85. The molecule has 0 spiro atoms. The van der Waals surface area contributed by atoms with Crippen LogP contribution < -0.4 is 5.73 Å². The minimum absolute atomic E-state index is 0.115. The maximum Gasteiger partial charge on any atom is 0.0490 e. The summed E-state index contributed by atoms with van der Waals surface area (Å²) in [5.41, 5.74) is 9.56. The number of hydrogen-bond acceptors (Lipinski definition) is 2. The minimum Gasteiger partial charge on any atom is -0.358 e. The molecular formula is C13H19N3. The molecule has 2 rings (SSSR count). The van der Waals surface area contributed by atoms with Crippen LogP contribution in [-0.4, -0.2) is 16.5 Å². The third kappa shape index (κ3) is 1.83. The highest BCUT2D eigenvalue weighted by atomic mass is 14.8. The lowest BCUT2D eigenvalue weighted by Gasteiger charge is -2.19. The molecule has 0 aromatic carbocycles. The summed E-state index contributed by atoms with van der Waals surface area (Å²) in [4.78, 5) is 7.68. The van der Waals surface area contributed by atoms with Gasteiger partial charge in [0.15, 0.2) is 0 Å². The van der Waals surface area contributed by atoms with Crippen LogP contribution in [0.25, 0.3) is 10.9 Å². The van der Waals surface area contributed by atoms with E-state index in [9.17, 15) is 0 Å². The van der Waals surface area contributed by atoms with E-state index >= 15 is 0 Å². The summed E-state index contributed by atoms with van der Waals surface area (Å²) in [6.07, 6.45) is 4.64. The predicted molar refractivity (Wildman–Crippen MR) is 67.6 cm³/mol. The van der Waals surface area contributed by atoms with E-state index in [1.54, 1.807) is 0 Å². The normalized spacial score (nSPS) is 12.2. The first-order chi connectivity index (χ1) is 7.54. The van der Waals surface area contributed by atoms with Crippen LogP contribution in [0.15, 0.2) is 18.5 Å². The maximum atomic E-state index is 5.69. The van der Waals surface area contributed by atoms with Gasteiger partial charge in [-0.2, -0.15) is 0 Å². The van der Waals surface area contributed by atoms with E-state index in [1.165, 1.54) is 16.6 Å². The molecule has 0 atom stereocenters. The molecule has 0 amide bonds. The minimum atomic E-state index is 0.115. The van der Waals surface area contributed by atoms with E-state index in [-0.39, 0.29) is 5.41 Å². The molecule has 3 heteroatoms. The van der Waals surface area contributed by atoms with Crippen molar-refractivity contribution in [2.24, 2.45) is 5.73 Å². The van der Waals surface area contributed by atoms with Crippen LogP contribution in [-0.2, 0) is 11.8 Å². The van der Waals surface area contributed by atoms with Gasteiger partial charge in [0, 0.05) is 34.4 Å². The molecule has 0 unspecified atom stereocenters. The molecule has 3 N–H and O–H groups in total. The molecular weight excluding hydrogens is 198 g/mol. The van der Waals surface area contributed by atoms with Crippen molar-refractivity contribution in [3.05, 3.63) is 29.7 Å². The van der Waals surface area contributed by atoms with Gasteiger partial charge in [0.25, 0.3) is 0 Å². The topological polar surface area (TPSA) is 54.7 Å². The Balaban J connectivity index is 2.68.